The van der Waals surface area contributed by atoms with Gasteiger partial charge >= 0.3 is 6.09 Å². The largest absolute Gasteiger partial charge is 0.446 e. The third-order valence-corrected chi connectivity index (χ3v) is 5.25. The van der Waals surface area contributed by atoms with E-state index in [1.165, 1.54) is 77.0 Å². The quantitative estimate of drug-likeness (QED) is 0.708. The van der Waals surface area contributed by atoms with Gasteiger partial charge in [-0.15, -0.1) is 0 Å². The predicted octanol–water partition coefficient (Wildman–Crippen LogP) is 5.72. The van der Waals surface area contributed by atoms with E-state index in [-0.39, 0.29) is 12.2 Å². The van der Waals surface area contributed by atoms with Crippen LogP contribution in [0.25, 0.3) is 0 Å². The van der Waals surface area contributed by atoms with Gasteiger partial charge in [0.15, 0.2) is 0 Å². The second kappa shape index (κ2) is 10.9. The highest BCUT2D eigenvalue weighted by Gasteiger charge is 2.22. The summed E-state index contributed by atoms with van der Waals surface area (Å²) in [5, 5.41) is 3.01. The van der Waals surface area contributed by atoms with Crippen LogP contribution in [0.4, 0.5) is 4.79 Å². The third-order valence-electron chi connectivity index (χ3n) is 5.25. The van der Waals surface area contributed by atoms with Gasteiger partial charge in [-0.1, -0.05) is 57.8 Å². The Morgan fingerprint density at radius 1 is 0.636 bits per heavy atom. The molecule has 128 valence electrons. The fourth-order valence-electron chi connectivity index (χ4n) is 3.50. The van der Waals surface area contributed by atoms with Gasteiger partial charge in [0.1, 0.15) is 6.10 Å². The van der Waals surface area contributed by atoms with Gasteiger partial charge in [0.2, 0.25) is 0 Å². The van der Waals surface area contributed by atoms with E-state index in [0.29, 0.717) is 6.04 Å². The van der Waals surface area contributed by atoms with Crippen molar-refractivity contribution >= 4 is 6.09 Å². The van der Waals surface area contributed by atoms with Crippen LogP contribution in [0.15, 0.2) is 0 Å². The van der Waals surface area contributed by atoms with Crippen LogP contribution < -0.4 is 5.32 Å². The predicted molar refractivity (Wildman–Crippen MR) is 91.1 cm³/mol. The highest BCUT2D eigenvalue weighted by Crippen LogP contribution is 2.20. The normalized spacial score (nSPS) is 24.0. The zero-order valence-corrected chi connectivity index (χ0v) is 14.3. The molecule has 0 saturated heterocycles. The molecule has 2 fully saturated rings. The molecular formula is C19H35NO2. The van der Waals surface area contributed by atoms with E-state index in [1.807, 2.05) is 0 Å². The molecule has 2 aliphatic carbocycles. The third kappa shape index (κ3) is 7.51. The van der Waals surface area contributed by atoms with Crippen LogP contribution in [0.3, 0.4) is 0 Å². The number of hydrogen-bond donors (Lipinski definition) is 1. The smallest absolute Gasteiger partial charge is 0.407 e. The van der Waals surface area contributed by atoms with E-state index >= 15 is 0 Å². The van der Waals surface area contributed by atoms with Crippen molar-refractivity contribution in [2.24, 2.45) is 0 Å². The Morgan fingerprint density at radius 2 is 1.09 bits per heavy atom. The first-order valence-corrected chi connectivity index (χ1v) is 9.82. The fourth-order valence-corrected chi connectivity index (χ4v) is 3.50. The molecule has 0 bridgehead atoms. The number of carbonyl (C=O) groups excluding carboxylic acids is 1. The lowest BCUT2D eigenvalue weighted by Gasteiger charge is -2.27. The summed E-state index contributed by atoms with van der Waals surface area (Å²) >= 11 is 0. The summed E-state index contributed by atoms with van der Waals surface area (Å²) in [6.07, 6.45) is 20.3. The second-order valence-electron chi connectivity index (χ2n) is 7.27. The summed E-state index contributed by atoms with van der Waals surface area (Å²) in [6.45, 7) is 0. The monoisotopic (exact) mass is 309 g/mol. The molecule has 2 saturated carbocycles. The summed E-state index contributed by atoms with van der Waals surface area (Å²) in [4.78, 5) is 12.0. The lowest BCUT2D eigenvalue weighted by molar-refractivity contribution is 0.0782. The minimum absolute atomic E-state index is 0.142. The molecule has 0 spiro atoms. The fraction of sp³-hybridized carbons (Fsp3) is 0.947. The first-order chi connectivity index (χ1) is 10.8. The molecular weight excluding hydrogens is 274 g/mol. The minimum Gasteiger partial charge on any atom is -0.446 e. The highest BCUT2D eigenvalue weighted by molar-refractivity contribution is 5.67. The second-order valence-corrected chi connectivity index (χ2v) is 7.27. The maximum absolute atomic E-state index is 12.0. The first kappa shape index (κ1) is 17.6. The Bertz CT molecular complexity index is 288. The van der Waals surface area contributed by atoms with Gasteiger partial charge in [-0.2, -0.15) is 0 Å². The van der Waals surface area contributed by atoms with Crippen LogP contribution >= 0.6 is 0 Å². The van der Waals surface area contributed by atoms with Crippen molar-refractivity contribution in [2.45, 2.75) is 115 Å². The molecule has 0 unspecified atom stereocenters. The zero-order chi connectivity index (χ0) is 15.5. The van der Waals surface area contributed by atoms with Gasteiger partial charge in [-0.05, 0) is 44.9 Å². The molecule has 0 radical (unpaired) electrons. The molecule has 0 aromatic heterocycles. The van der Waals surface area contributed by atoms with E-state index < -0.39 is 0 Å². The number of carbonyl (C=O) groups is 1. The van der Waals surface area contributed by atoms with Crippen molar-refractivity contribution in [1.29, 1.82) is 0 Å². The summed E-state index contributed by atoms with van der Waals surface area (Å²) < 4.78 is 5.71. The van der Waals surface area contributed by atoms with Gasteiger partial charge in [0.05, 0.1) is 0 Å². The summed E-state index contributed by atoms with van der Waals surface area (Å²) in [5.41, 5.74) is 0. The Hall–Kier alpha value is -0.730. The lowest BCUT2D eigenvalue weighted by Crippen LogP contribution is -2.41. The maximum Gasteiger partial charge on any atom is 0.407 e. The number of alkyl carbamates (subject to hydrolysis) is 1. The summed E-state index contributed by atoms with van der Waals surface area (Å²) in [6, 6.07) is 0.381. The van der Waals surface area contributed by atoms with Crippen molar-refractivity contribution < 1.29 is 9.53 Å². The van der Waals surface area contributed by atoms with E-state index in [4.69, 9.17) is 4.74 Å². The van der Waals surface area contributed by atoms with Gasteiger partial charge in [-0.3, -0.25) is 0 Å². The molecule has 3 nitrogen and oxygen atoms in total. The minimum atomic E-state index is -0.171. The SMILES string of the molecule is O=C(NC1CCC1)OC1CCCCCCCCCCCCC1. The van der Waals surface area contributed by atoms with Crippen LogP contribution in [-0.4, -0.2) is 18.2 Å². The first-order valence-electron chi connectivity index (χ1n) is 9.82. The summed E-state index contributed by atoms with van der Waals surface area (Å²) in [5.74, 6) is 0. The van der Waals surface area contributed by atoms with Crippen LogP contribution in [0.5, 0.6) is 0 Å². The number of hydrogen-bond acceptors (Lipinski definition) is 2. The molecule has 2 aliphatic rings. The molecule has 0 aromatic carbocycles. The van der Waals surface area contributed by atoms with E-state index in [1.54, 1.807) is 0 Å². The molecule has 3 heteroatoms. The molecule has 1 amide bonds. The van der Waals surface area contributed by atoms with Gasteiger partial charge < -0.3 is 10.1 Å². The average Bonchev–Trinajstić information content (AvgIpc) is 2.47. The van der Waals surface area contributed by atoms with Gasteiger partial charge in [0, 0.05) is 6.04 Å². The standard InChI is InChI=1S/C19H35NO2/c21-19(20-17-13-12-14-17)22-18-15-10-8-6-4-2-1-3-5-7-9-11-16-18/h17-18H,1-16H2,(H,20,21). The number of ether oxygens (including phenoxy) is 1. The van der Waals surface area contributed by atoms with Crippen molar-refractivity contribution in [3.8, 4) is 0 Å². The molecule has 0 atom stereocenters. The zero-order valence-electron chi connectivity index (χ0n) is 14.3. The van der Waals surface area contributed by atoms with Gasteiger partial charge in [-0.25, -0.2) is 4.79 Å². The van der Waals surface area contributed by atoms with Crippen LogP contribution in [0.1, 0.15) is 103 Å². The van der Waals surface area contributed by atoms with Crippen LogP contribution in [-0.2, 0) is 4.74 Å². The Kier molecular flexibility index (Phi) is 8.74. The molecule has 22 heavy (non-hydrogen) atoms. The average molecular weight is 309 g/mol. The van der Waals surface area contributed by atoms with Crippen molar-refractivity contribution in [1.82, 2.24) is 5.32 Å². The van der Waals surface area contributed by atoms with E-state index in [2.05, 4.69) is 5.32 Å². The van der Waals surface area contributed by atoms with Gasteiger partial charge in [0.25, 0.3) is 0 Å². The Balaban J connectivity index is 1.68. The maximum atomic E-state index is 12.0. The number of nitrogens with one attached hydrogen (secondary N) is 1. The van der Waals surface area contributed by atoms with Crippen molar-refractivity contribution in [3.05, 3.63) is 0 Å². The molecule has 0 aliphatic heterocycles. The summed E-state index contributed by atoms with van der Waals surface area (Å²) in [7, 11) is 0. The number of rotatable bonds is 2. The number of amides is 1. The van der Waals surface area contributed by atoms with E-state index in [9.17, 15) is 4.79 Å². The van der Waals surface area contributed by atoms with Crippen molar-refractivity contribution in [3.63, 3.8) is 0 Å². The lowest BCUT2D eigenvalue weighted by atomic mass is 9.93. The van der Waals surface area contributed by atoms with E-state index in [0.717, 1.165) is 25.7 Å². The molecule has 0 aromatic rings. The van der Waals surface area contributed by atoms with Crippen LogP contribution in [0.2, 0.25) is 0 Å². The Morgan fingerprint density at radius 3 is 1.50 bits per heavy atom. The molecule has 1 N–H and O–H groups in total. The van der Waals surface area contributed by atoms with Crippen molar-refractivity contribution in [2.75, 3.05) is 0 Å². The highest BCUT2D eigenvalue weighted by atomic mass is 16.6. The molecule has 0 heterocycles. The Labute approximate surface area is 136 Å². The topological polar surface area (TPSA) is 38.3 Å². The molecule has 2 rings (SSSR count). The van der Waals surface area contributed by atoms with Crippen LogP contribution in [0, 0.1) is 0 Å².